The highest BCUT2D eigenvalue weighted by Gasteiger charge is 2.47. The van der Waals surface area contributed by atoms with Gasteiger partial charge in [-0.25, -0.2) is 0 Å². The van der Waals surface area contributed by atoms with Gasteiger partial charge in [-0.05, 0) is 41.9 Å². The van der Waals surface area contributed by atoms with Gasteiger partial charge in [0.15, 0.2) is 0 Å². The van der Waals surface area contributed by atoms with Crippen LogP contribution in [0.3, 0.4) is 0 Å². The first-order chi connectivity index (χ1) is 7.72. The fraction of sp³-hybridized carbons (Fsp3) is 0.571. The van der Waals surface area contributed by atoms with Crippen LogP contribution in [0.15, 0.2) is 18.2 Å². The first kappa shape index (κ1) is 13.2. The summed E-state index contributed by atoms with van der Waals surface area (Å²) in [6.45, 7) is 6.79. The van der Waals surface area contributed by atoms with E-state index in [1.54, 1.807) is 6.07 Å². The molecule has 0 radical (unpaired) electrons. The molecule has 0 aliphatic heterocycles. The SMILES string of the molecule is CC(C)(C)C1CC(N)(c2ccc(Cl)cc2Cl)C1. The van der Waals surface area contributed by atoms with Crippen LogP contribution < -0.4 is 5.73 Å². The summed E-state index contributed by atoms with van der Waals surface area (Å²) in [7, 11) is 0. The predicted octanol–water partition coefficient (Wildman–Crippen LogP) is 4.60. The van der Waals surface area contributed by atoms with Crippen LogP contribution in [0.4, 0.5) is 0 Å². The van der Waals surface area contributed by atoms with E-state index in [0.29, 0.717) is 21.4 Å². The van der Waals surface area contributed by atoms with E-state index in [1.165, 1.54) is 0 Å². The molecule has 3 heteroatoms. The van der Waals surface area contributed by atoms with Crippen molar-refractivity contribution in [3.05, 3.63) is 33.8 Å². The summed E-state index contributed by atoms with van der Waals surface area (Å²) >= 11 is 12.1. The van der Waals surface area contributed by atoms with Crippen molar-refractivity contribution in [2.24, 2.45) is 17.1 Å². The van der Waals surface area contributed by atoms with Gasteiger partial charge in [0.1, 0.15) is 0 Å². The molecule has 0 saturated heterocycles. The Morgan fingerprint density at radius 1 is 1.24 bits per heavy atom. The minimum atomic E-state index is -0.264. The molecule has 0 atom stereocenters. The van der Waals surface area contributed by atoms with Gasteiger partial charge in [0, 0.05) is 15.6 Å². The van der Waals surface area contributed by atoms with Gasteiger partial charge in [-0.1, -0.05) is 50.0 Å². The maximum atomic E-state index is 6.43. The lowest BCUT2D eigenvalue weighted by Gasteiger charge is -2.51. The Hall–Kier alpha value is -0.240. The molecule has 1 fully saturated rings. The maximum absolute atomic E-state index is 6.43. The molecule has 1 aromatic rings. The van der Waals surface area contributed by atoms with Crippen LogP contribution in [0.25, 0.3) is 0 Å². The Labute approximate surface area is 113 Å². The molecule has 2 N–H and O–H groups in total. The Morgan fingerprint density at radius 3 is 2.29 bits per heavy atom. The normalized spacial score (nSPS) is 28.9. The Bertz CT molecular complexity index is 428. The summed E-state index contributed by atoms with van der Waals surface area (Å²) in [5.41, 5.74) is 7.52. The molecular weight excluding hydrogens is 253 g/mol. The Kier molecular flexibility index (Phi) is 3.22. The third-order valence-corrected chi connectivity index (χ3v) is 4.46. The number of halogens is 2. The number of nitrogens with two attached hydrogens (primary N) is 1. The highest BCUT2D eigenvalue weighted by atomic mass is 35.5. The van der Waals surface area contributed by atoms with Crippen molar-refractivity contribution in [1.82, 2.24) is 0 Å². The summed E-state index contributed by atoms with van der Waals surface area (Å²) in [5, 5.41) is 1.35. The summed E-state index contributed by atoms with van der Waals surface area (Å²) in [5.74, 6) is 0.666. The van der Waals surface area contributed by atoms with Gasteiger partial charge >= 0.3 is 0 Å². The van der Waals surface area contributed by atoms with Crippen LogP contribution in [0.5, 0.6) is 0 Å². The van der Waals surface area contributed by atoms with E-state index in [4.69, 9.17) is 28.9 Å². The van der Waals surface area contributed by atoms with E-state index < -0.39 is 0 Å². The van der Waals surface area contributed by atoms with Crippen molar-refractivity contribution in [3.63, 3.8) is 0 Å². The molecule has 1 aromatic carbocycles. The van der Waals surface area contributed by atoms with Crippen LogP contribution in [0, 0.1) is 11.3 Å². The molecule has 1 aliphatic carbocycles. The molecule has 0 bridgehead atoms. The topological polar surface area (TPSA) is 26.0 Å². The number of hydrogen-bond acceptors (Lipinski definition) is 1. The minimum absolute atomic E-state index is 0.264. The third kappa shape index (κ3) is 2.47. The second-order valence-corrected chi connectivity index (χ2v) is 7.10. The Morgan fingerprint density at radius 2 is 1.82 bits per heavy atom. The summed E-state index contributed by atoms with van der Waals surface area (Å²) in [4.78, 5) is 0. The second-order valence-electron chi connectivity index (χ2n) is 6.25. The minimum Gasteiger partial charge on any atom is -0.321 e. The quantitative estimate of drug-likeness (QED) is 0.794. The highest BCUT2D eigenvalue weighted by molar-refractivity contribution is 6.35. The van der Waals surface area contributed by atoms with E-state index in [9.17, 15) is 0 Å². The van der Waals surface area contributed by atoms with Crippen molar-refractivity contribution in [2.75, 3.05) is 0 Å². The van der Waals surface area contributed by atoms with E-state index in [-0.39, 0.29) is 5.54 Å². The number of rotatable bonds is 1. The zero-order valence-corrected chi connectivity index (χ0v) is 12.1. The fourth-order valence-corrected chi connectivity index (χ4v) is 3.14. The molecule has 1 aliphatic rings. The molecule has 0 amide bonds. The van der Waals surface area contributed by atoms with Gasteiger partial charge in [0.05, 0.1) is 0 Å². The molecule has 2 rings (SSSR count). The molecule has 94 valence electrons. The molecule has 0 heterocycles. The smallest absolute Gasteiger partial charge is 0.0471 e. The standard InChI is InChI=1S/C14H19Cl2N/c1-13(2,3)9-7-14(17,8-9)11-5-4-10(15)6-12(11)16/h4-6,9H,7-8,17H2,1-3H3. The average molecular weight is 272 g/mol. The Balaban J connectivity index is 2.20. The van der Waals surface area contributed by atoms with Crippen LogP contribution in [0.2, 0.25) is 10.0 Å². The maximum Gasteiger partial charge on any atom is 0.0471 e. The zero-order chi connectivity index (χ0) is 12.8. The number of benzene rings is 1. The lowest BCUT2D eigenvalue weighted by molar-refractivity contribution is 0.0490. The van der Waals surface area contributed by atoms with Gasteiger partial charge in [0.25, 0.3) is 0 Å². The molecular formula is C14H19Cl2N. The second kappa shape index (κ2) is 4.15. The van der Waals surface area contributed by atoms with Crippen LogP contribution in [-0.4, -0.2) is 0 Å². The molecule has 17 heavy (non-hydrogen) atoms. The van der Waals surface area contributed by atoms with Gasteiger partial charge in [0.2, 0.25) is 0 Å². The molecule has 0 unspecified atom stereocenters. The van der Waals surface area contributed by atoms with E-state index in [1.807, 2.05) is 12.1 Å². The lowest BCUT2D eigenvalue weighted by atomic mass is 9.57. The van der Waals surface area contributed by atoms with Crippen LogP contribution in [0.1, 0.15) is 39.2 Å². The predicted molar refractivity (Wildman–Crippen MR) is 74.5 cm³/mol. The van der Waals surface area contributed by atoms with E-state index >= 15 is 0 Å². The van der Waals surface area contributed by atoms with Crippen molar-refractivity contribution in [1.29, 1.82) is 0 Å². The average Bonchev–Trinajstić information content (AvgIpc) is 2.11. The van der Waals surface area contributed by atoms with Crippen LogP contribution >= 0.6 is 23.2 Å². The van der Waals surface area contributed by atoms with Crippen molar-refractivity contribution in [2.45, 2.75) is 39.2 Å². The van der Waals surface area contributed by atoms with E-state index in [2.05, 4.69) is 20.8 Å². The van der Waals surface area contributed by atoms with Crippen molar-refractivity contribution < 1.29 is 0 Å². The van der Waals surface area contributed by atoms with Crippen molar-refractivity contribution >= 4 is 23.2 Å². The number of hydrogen-bond donors (Lipinski definition) is 1. The van der Waals surface area contributed by atoms with Gasteiger partial charge < -0.3 is 5.73 Å². The molecule has 1 saturated carbocycles. The van der Waals surface area contributed by atoms with Gasteiger partial charge in [-0.3, -0.25) is 0 Å². The first-order valence-corrected chi connectivity index (χ1v) is 6.72. The molecule has 1 nitrogen and oxygen atoms in total. The molecule has 0 spiro atoms. The molecule has 0 aromatic heterocycles. The van der Waals surface area contributed by atoms with E-state index in [0.717, 1.165) is 18.4 Å². The third-order valence-electron chi connectivity index (χ3n) is 3.91. The highest BCUT2D eigenvalue weighted by Crippen LogP contribution is 2.52. The first-order valence-electron chi connectivity index (χ1n) is 5.97. The van der Waals surface area contributed by atoms with Gasteiger partial charge in [-0.2, -0.15) is 0 Å². The summed E-state index contributed by atoms with van der Waals surface area (Å²) in [6, 6.07) is 5.60. The largest absolute Gasteiger partial charge is 0.321 e. The zero-order valence-electron chi connectivity index (χ0n) is 10.6. The monoisotopic (exact) mass is 271 g/mol. The van der Waals surface area contributed by atoms with Crippen LogP contribution in [-0.2, 0) is 5.54 Å². The van der Waals surface area contributed by atoms with Crippen molar-refractivity contribution in [3.8, 4) is 0 Å². The van der Waals surface area contributed by atoms with Gasteiger partial charge in [-0.15, -0.1) is 0 Å². The fourth-order valence-electron chi connectivity index (χ4n) is 2.55. The lowest BCUT2D eigenvalue weighted by Crippen LogP contribution is -2.52. The summed E-state index contributed by atoms with van der Waals surface area (Å²) in [6.07, 6.45) is 2.00. The summed E-state index contributed by atoms with van der Waals surface area (Å²) < 4.78 is 0.